The standard InChI is InChI=1S/C23H34O3/c1-4-6-8-22(24)26-17(3)23(25)21-15-13-20(14-16-21)19-11-9-18(7-5-2)10-12-19/h13-19H,4-12H2,1-3H3/t17-,18?,19?/m0/s1. The normalized spacial score (nSPS) is 21.2. The van der Waals surface area contributed by atoms with Gasteiger partial charge >= 0.3 is 5.97 Å². The number of unbranched alkanes of at least 4 members (excludes halogenated alkanes) is 1. The van der Waals surface area contributed by atoms with Gasteiger partial charge in [-0.3, -0.25) is 9.59 Å². The highest BCUT2D eigenvalue weighted by Gasteiger charge is 2.23. The van der Waals surface area contributed by atoms with E-state index >= 15 is 0 Å². The van der Waals surface area contributed by atoms with Crippen molar-refractivity contribution in [2.45, 2.75) is 90.6 Å². The van der Waals surface area contributed by atoms with Crippen molar-refractivity contribution in [3.05, 3.63) is 35.4 Å². The van der Waals surface area contributed by atoms with E-state index in [0.717, 1.165) is 18.8 Å². The fraction of sp³-hybridized carbons (Fsp3) is 0.652. The summed E-state index contributed by atoms with van der Waals surface area (Å²) in [6.45, 7) is 5.96. The lowest BCUT2D eigenvalue weighted by Gasteiger charge is -2.28. The maximum atomic E-state index is 12.5. The summed E-state index contributed by atoms with van der Waals surface area (Å²) in [5.74, 6) is 1.12. The van der Waals surface area contributed by atoms with E-state index in [1.807, 2.05) is 19.1 Å². The molecule has 0 saturated heterocycles. The smallest absolute Gasteiger partial charge is 0.306 e. The molecule has 1 aromatic rings. The van der Waals surface area contributed by atoms with Crippen LogP contribution in [0.15, 0.2) is 24.3 Å². The zero-order chi connectivity index (χ0) is 18.9. The van der Waals surface area contributed by atoms with Gasteiger partial charge in [0.2, 0.25) is 5.78 Å². The molecule has 0 spiro atoms. The zero-order valence-electron chi connectivity index (χ0n) is 16.6. The molecular weight excluding hydrogens is 324 g/mol. The predicted octanol–water partition coefficient (Wildman–Crippen LogP) is 6.07. The minimum atomic E-state index is -0.713. The van der Waals surface area contributed by atoms with Crippen LogP contribution in [0.5, 0.6) is 0 Å². The molecule has 144 valence electrons. The highest BCUT2D eigenvalue weighted by Crippen LogP contribution is 2.37. The minimum Gasteiger partial charge on any atom is -0.454 e. The number of ether oxygens (including phenoxy) is 1. The molecule has 1 aliphatic rings. The van der Waals surface area contributed by atoms with Crippen LogP contribution in [-0.2, 0) is 9.53 Å². The van der Waals surface area contributed by atoms with E-state index in [-0.39, 0.29) is 11.8 Å². The van der Waals surface area contributed by atoms with Gasteiger partial charge in [-0.2, -0.15) is 0 Å². The summed E-state index contributed by atoms with van der Waals surface area (Å²) in [6.07, 6.45) is 9.21. The van der Waals surface area contributed by atoms with E-state index in [0.29, 0.717) is 17.9 Å². The molecular formula is C23H34O3. The van der Waals surface area contributed by atoms with Gasteiger partial charge in [0.1, 0.15) is 0 Å². The third-order valence-corrected chi connectivity index (χ3v) is 5.62. The molecule has 0 aliphatic heterocycles. The van der Waals surface area contributed by atoms with Gasteiger partial charge in [-0.25, -0.2) is 0 Å². The fourth-order valence-corrected chi connectivity index (χ4v) is 3.98. The van der Waals surface area contributed by atoms with Gasteiger partial charge in [-0.1, -0.05) is 57.4 Å². The summed E-state index contributed by atoms with van der Waals surface area (Å²) in [4.78, 5) is 24.2. The zero-order valence-corrected chi connectivity index (χ0v) is 16.6. The SMILES string of the molecule is CCCCC(=O)O[C@@H](C)C(=O)c1ccc(C2CCC(CCC)CC2)cc1. The third-order valence-electron chi connectivity index (χ3n) is 5.62. The number of benzene rings is 1. The molecule has 0 N–H and O–H groups in total. The largest absolute Gasteiger partial charge is 0.454 e. The van der Waals surface area contributed by atoms with Gasteiger partial charge < -0.3 is 4.74 Å². The van der Waals surface area contributed by atoms with Gasteiger partial charge in [-0.15, -0.1) is 0 Å². The lowest BCUT2D eigenvalue weighted by atomic mass is 9.77. The summed E-state index contributed by atoms with van der Waals surface area (Å²) in [5.41, 5.74) is 1.97. The van der Waals surface area contributed by atoms with E-state index in [9.17, 15) is 9.59 Å². The predicted molar refractivity (Wildman–Crippen MR) is 105 cm³/mol. The fourth-order valence-electron chi connectivity index (χ4n) is 3.98. The number of rotatable bonds is 9. The molecule has 1 saturated carbocycles. The molecule has 1 aromatic carbocycles. The van der Waals surface area contributed by atoms with Crippen LogP contribution in [0.25, 0.3) is 0 Å². The van der Waals surface area contributed by atoms with E-state index < -0.39 is 6.10 Å². The summed E-state index contributed by atoms with van der Waals surface area (Å²) in [7, 11) is 0. The summed E-state index contributed by atoms with van der Waals surface area (Å²) < 4.78 is 5.26. The Kier molecular flexibility index (Phi) is 8.34. The van der Waals surface area contributed by atoms with Gasteiger partial charge in [0, 0.05) is 12.0 Å². The summed E-state index contributed by atoms with van der Waals surface area (Å²) in [6, 6.07) is 7.96. The Morgan fingerprint density at radius 3 is 2.27 bits per heavy atom. The Labute approximate surface area is 158 Å². The lowest BCUT2D eigenvalue weighted by molar-refractivity contribution is -0.146. The molecule has 3 heteroatoms. The molecule has 1 atom stereocenters. The van der Waals surface area contributed by atoms with Crippen LogP contribution in [0, 0.1) is 5.92 Å². The van der Waals surface area contributed by atoms with Crippen LogP contribution >= 0.6 is 0 Å². The first-order valence-corrected chi connectivity index (χ1v) is 10.4. The Morgan fingerprint density at radius 1 is 1.04 bits per heavy atom. The lowest BCUT2D eigenvalue weighted by Crippen LogP contribution is -2.24. The Morgan fingerprint density at radius 2 is 1.69 bits per heavy atom. The van der Waals surface area contributed by atoms with Crippen molar-refractivity contribution in [3.8, 4) is 0 Å². The molecule has 0 bridgehead atoms. The van der Waals surface area contributed by atoms with Crippen molar-refractivity contribution in [1.82, 2.24) is 0 Å². The van der Waals surface area contributed by atoms with Crippen LogP contribution in [-0.4, -0.2) is 17.9 Å². The van der Waals surface area contributed by atoms with Crippen LogP contribution in [0.3, 0.4) is 0 Å². The average molecular weight is 359 g/mol. The number of hydrogen-bond acceptors (Lipinski definition) is 3. The molecule has 2 rings (SSSR count). The van der Waals surface area contributed by atoms with Crippen molar-refractivity contribution < 1.29 is 14.3 Å². The van der Waals surface area contributed by atoms with E-state index in [1.165, 1.54) is 44.1 Å². The Hall–Kier alpha value is -1.64. The molecule has 26 heavy (non-hydrogen) atoms. The monoisotopic (exact) mass is 358 g/mol. The molecule has 0 aromatic heterocycles. The minimum absolute atomic E-state index is 0.118. The molecule has 0 radical (unpaired) electrons. The quantitative estimate of drug-likeness (QED) is 0.398. The molecule has 0 unspecified atom stereocenters. The number of carbonyl (C=O) groups excluding carboxylic acids is 2. The van der Waals surface area contributed by atoms with Crippen molar-refractivity contribution >= 4 is 11.8 Å². The van der Waals surface area contributed by atoms with Gasteiger partial charge in [0.25, 0.3) is 0 Å². The van der Waals surface area contributed by atoms with Crippen molar-refractivity contribution in [2.75, 3.05) is 0 Å². The Bertz CT molecular complexity index is 568. The second kappa shape index (κ2) is 10.5. The summed E-state index contributed by atoms with van der Waals surface area (Å²) >= 11 is 0. The maximum Gasteiger partial charge on any atom is 0.306 e. The van der Waals surface area contributed by atoms with E-state index in [1.54, 1.807) is 6.92 Å². The number of hydrogen-bond donors (Lipinski definition) is 0. The summed E-state index contributed by atoms with van der Waals surface area (Å²) in [5, 5.41) is 0. The van der Waals surface area contributed by atoms with E-state index in [2.05, 4.69) is 19.1 Å². The first-order chi connectivity index (χ1) is 12.5. The number of Topliss-reactive ketones (excluding diaryl/α,β-unsaturated/α-hetero) is 1. The van der Waals surface area contributed by atoms with Gasteiger partial charge in [0.15, 0.2) is 6.10 Å². The van der Waals surface area contributed by atoms with Crippen LogP contribution in [0.2, 0.25) is 0 Å². The highest BCUT2D eigenvalue weighted by molar-refractivity contribution is 6.00. The second-order valence-electron chi connectivity index (χ2n) is 7.73. The number of ketones is 1. The molecule has 3 nitrogen and oxygen atoms in total. The first-order valence-electron chi connectivity index (χ1n) is 10.4. The topological polar surface area (TPSA) is 43.4 Å². The molecule has 0 amide bonds. The number of carbonyl (C=O) groups is 2. The Balaban J connectivity index is 1.88. The van der Waals surface area contributed by atoms with E-state index in [4.69, 9.17) is 4.74 Å². The average Bonchev–Trinajstić information content (AvgIpc) is 2.66. The molecule has 0 heterocycles. The van der Waals surface area contributed by atoms with Crippen LogP contribution in [0.4, 0.5) is 0 Å². The van der Waals surface area contributed by atoms with Crippen molar-refractivity contribution in [2.24, 2.45) is 5.92 Å². The second-order valence-corrected chi connectivity index (χ2v) is 7.73. The van der Waals surface area contributed by atoms with Gasteiger partial charge in [0.05, 0.1) is 0 Å². The van der Waals surface area contributed by atoms with Crippen molar-refractivity contribution in [1.29, 1.82) is 0 Å². The molecule has 1 fully saturated rings. The third kappa shape index (κ3) is 5.96. The maximum absolute atomic E-state index is 12.5. The number of esters is 1. The van der Waals surface area contributed by atoms with Crippen LogP contribution < -0.4 is 0 Å². The first kappa shape index (κ1) is 20.7. The van der Waals surface area contributed by atoms with Gasteiger partial charge in [-0.05, 0) is 56.4 Å². The van der Waals surface area contributed by atoms with Crippen molar-refractivity contribution in [3.63, 3.8) is 0 Å². The van der Waals surface area contributed by atoms with Crippen LogP contribution in [0.1, 0.15) is 100 Å². The highest BCUT2D eigenvalue weighted by atomic mass is 16.5. The molecule has 1 aliphatic carbocycles.